The molecule has 0 aliphatic heterocycles. The van der Waals surface area contributed by atoms with Gasteiger partial charge in [0.25, 0.3) is 0 Å². The van der Waals surface area contributed by atoms with Gasteiger partial charge in [-0.15, -0.1) is 0 Å². The van der Waals surface area contributed by atoms with Crippen molar-refractivity contribution in [3.63, 3.8) is 0 Å². The number of rotatable bonds is 6. The van der Waals surface area contributed by atoms with Crippen LogP contribution in [0.3, 0.4) is 0 Å². The Kier molecular flexibility index (Phi) is 19.7. The Bertz CT molecular complexity index is 1160. The van der Waals surface area contributed by atoms with Crippen molar-refractivity contribution in [3.05, 3.63) is 0 Å². The van der Waals surface area contributed by atoms with Crippen molar-refractivity contribution in [2.24, 2.45) is 136 Å². The maximum atomic E-state index is 2.59. The van der Waals surface area contributed by atoms with Gasteiger partial charge >= 0.3 is 0 Å². The van der Waals surface area contributed by atoms with Crippen molar-refractivity contribution in [3.8, 4) is 0 Å². The van der Waals surface area contributed by atoms with Gasteiger partial charge < -0.3 is 0 Å². The number of hydrogen-bond donors (Lipinski definition) is 0. The van der Waals surface area contributed by atoms with Gasteiger partial charge in [-0.3, -0.25) is 0 Å². The fraction of sp³-hybridized carbons (Fsp3) is 1.00. The highest BCUT2D eigenvalue weighted by Crippen LogP contribution is 2.58. The van der Waals surface area contributed by atoms with E-state index in [4.69, 9.17) is 0 Å². The third kappa shape index (κ3) is 12.4. The molecule has 8 aliphatic rings. The van der Waals surface area contributed by atoms with Gasteiger partial charge in [-0.25, -0.2) is 0 Å². The lowest BCUT2D eigenvalue weighted by Crippen LogP contribution is -2.30. The predicted octanol–water partition coefficient (Wildman–Crippen LogP) is 18.7. The Morgan fingerprint density at radius 2 is 0.898 bits per heavy atom. The summed E-state index contributed by atoms with van der Waals surface area (Å²) >= 11 is 0. The van der Waals surface area contributed by atoms with Crippen LogP contribution >= 0.6 is 0 Å². The molecule has 0 spiro atoms. The lowest BCUT2D eigenvalue weighted by atomic mass is 9.69. The maximum absolute atomic E-state index is 2.59. The topological polar surface area (TPSA) is 0 Å². The Balaban J connectivity index is 0.000000159. The van der Waals surface area contributed by atoms with E-state index in [9.17, 15) is 0 Å². The second kappa shape index (κ2) is 23.3. The van der Waals surface area contributed by atoms with Crippen LogP contribution in [0.2, 0.25) is 0 Å². The minimum absolute atomic E-state index is 0.934. The molecule has 8 saturated carbocycles. The van der Waals surface area contributed by atoms with E-state index in [1.807, 2.05) is 0 Å². The molecule has 21 unspecified atom stereocenters. The first-order valence-electron chi connectivity index (χ1n) is 28.0. The Morgan fingerprint density at radius 3 is 1.47 bits per heavy atom. The van der Waals surface area contributed by atoms with E-state index in [2.05, 4.69) is 104 Å². The molecule has 0 N–H and O–H groups in total. The van der Waals surface area contributed by atoms with Gasteiger partial charge in [-0.05, 0) is 168 Å². The van der Waals surface area contributed by atoms with Gasteiger partial charge in [0.1, 0.15) is 0 Å². The van der Waals surface area contributed by atoms with Gasteiger partial charge in [-0.1, -0.05) is 207 Å². The average Bonchev–Trinajstić information content (AvgIpc) is 4.07. The molecule has 0 amide bonds. The number of hydrogen-bond acceptors (Lipinski definition) is 0. The van der Waals surface area contributed by atoms with Crippen LogP contribution in [0, 0.1) is 136 Å². The molecule has 0 aromatic rings. The Morgan fingerprint density at radius 1 is 0.373 bits per heavy atom. The van der Waals surface area contributed by atoms with Gasteiger partial charge in [0.05, 0.1) is 0 Å². The van der Waals surface area contributed by atoms with Crippen LogP contribution in [0.4, 0.5) is 0 Å². The summed E-state index contributed by atoms with van der Waals surface area (Å²) in [5, 5.41) is 0. The number of fused-ring (bicyclic) bond motifs is 2. The van der Waals surface area contributed by atoms with Gasteiger partial charge in [0, 0.05) is 0 Å². The van der Waals surface area contributed by atoms with Crippen LogP contribution < -0.4 is 0 Å². The fourth-order valence-corrected chi connectivity index (χ4v) is 17.2. The second-order valence-electron chi connectivity index (χ2n) is 25.6. The summed E-state index contributed by atoms with van der Waals surface area (Å²) in [4.78, 5) is 0. The summed E-state index contributed by atoms with van der Waals surface area (Å²) in [6.45, 7) is 37.6. The highest BCUT2D eigenvalue weighted by molar-refractivity contribution is 5.00. The molecule has 8 rings (SSSR count). The van der Waals surface area contributed by atoms with Crippen LogP contribution in [0.1, 0.15) is 239 Å². The molecule has 21 atom stereocenters. The second-order valence-corrected chi connectivity index (χ2v) is 25.6. The van der Waals surface area contributed by atoms with Crippen LogP contribution in [-0.2, 0) is 0 Å². The fourth-order valence-electron chi connectivity index (χ4n) is 17.2. The molecular weight excluding hydrogens is 709 g/mol. The molecule has 8 aliphatic carbocycles. The van der Waals surface area contributed by atoms with Crippen LogP contribution in [0.5, 0.6) is 0 Å². The molecule has 8 fully saturated rings. The highest BCUT2D eigenvalue weighted by Gasteiger charge is 2.52. The first kappa shape index (κ1) is 50.0. The van der Waals surface area contributed by atoms with Crippen molar-refractivity contribution < 1.29 is 0 Å². The quantitative estimate of drug-likeness (QED) is 0.250. The molecule has 0 bridgehead atoms. The van der Waals surface area contributed by atoms with Crippen LogP contribution in [-0.4, -0.2) is 0 Å². The summed E-state index contributed by atoms with van der Waals surface area (Å²) in [5.74, 6) is 22.9. The molecule has 0 aromatic heterocycles. The smallest absolute Gasteiger partial charge is 0.0321 e. The van der Waals surface area contributed by atoms with E-state index in [0.717, 1.165) is 136 Å². The monoisotopic (exact) mass is 819 g/mol. The summed E-state index contributed by atoms with van der Waals surface area (Å²) in [5.41, 5.74) is 0. The summed E-state index contributed by atoms with van der Waals surface area (Å²) in [6, 6.07) is 0. The lowest BCUT2D eigenvalue weighted by Gasteiger charge is -2.36. The van der Waals surface area contributed by atoms with Crippen molar-refractivity contribution in [1.82, 2.24) is 0 Å². The zero-order chi connectivity index (χ0) is 43.1. The summed E-state index contributed by atoms with van der Waals surface area (Å²) < 4.78 is 0. The SMILES string of the molecule is CC1CC(C(C)C(C)CCC2CCCC2)C(C)C1C.CC1CCC(C2CCCC(C)C3C(C)C(C)C(C)C23)C1.CC1CCCC1.CC1CCCCC2C(C)C(C)C(C)C12. The Labute approximate surface area is 373 Å². The summed E-state index contributed by atoms with van der Waals surface area (Å²) in [7, 11) is 0. The molecule has 0 aromatic carbocycles. The van der Waals surface area contributed by atoms with E-state index < -0.39 is 0 Å². The first-order chi connectivity index (χ1) is 28.0. The molecule has 59 heavy (non-hydrogen) atoms. The van der Waals surface area contributed by atoms with Crippen LogP contribution in [0.15, 0.2) is 0 Å². The third-order valence-electron chi connectivity index (χ3n) is 22.3. The zero-order valence-corrected chi connectivity index (χ0v) is 43.1. The minimum atomic E-state index is 0.934. The standard InChI is InChI=1S/C20H36.C19H36.C14H26.C6H12/c1-12-9-10-17(11-12)18-8-6-7-13(2)19-15(4)14(3)16(5)20(18)19;1-13(10-11-18-8-6-7-9-18)16(4)19-12-14(2)15(3)17(19)5;1-9-7-5-6-8-13-11(3)10(2)12(4)14(9)13;1-6-4-2-3-5-6/h12-20H,6-11H2,1-5H3;13-19H,6-12H2,1-5H3;9-14H,5-8H2,1-4H3;6H,2-5H2,1H3. The summed E-state index contributed by atoms with van der Waals surface area (Å²) in [6.07, 6.45) is 31.6. The largest absolute Gasteiger partial charge is 0.0625 e. The molecular formula is C59H110. The van der Waals surface area contributed by atoms with Crippen molar-refractivity contribution in [2.75, 3.05) is 0 Å². The molecule has 0 saturated heterocycles. The molecule has 0 nitrogen and oxygen atoms in total. The van der Waals surface area contributed by atoms with E-state index in [0.29, 0.717) is 0 Å². The lowest BCUT2D eigenvalue weighted by molar-refractivity contribution is 0.120. The predicted molar refractivity (Wildman–Crippen MR) is 262 cm³/mol. The van der Waals surface area contributed by atoms with Gasteiger partial charge in [-0.2, -0.15) is 0 Å². The van der Waals surface area contributed by atoms with E-state index in [1.54, 1.807) is 12.8 Å². The third-order valence-corrected chi connectivity index (χ3v) is 22.3. The van der Waals surface area contributed by atoms with Gasteiger partial charge in [0.15, 0.2) is 0 Å². The average molecular weight is 820 g/mol. The van der Waals surface area contributed by atoms with Gasteiger partial charge in [0.2, 0.25) is 0 Å². The first-order valence-corrected chi connectivity index (χ1v) is 28.0. The van der Waals surface area contributed by atoms with E-state index in [-0.39, 0.29) is 0 Å². The molecule has 0 heteroatoms. The molecule has 0 radical (unpaired) electrons. The van der Waals surface area contributed by atoms with Crippen molar-refractivity contribution >= 4 is 0 Å². The molecule has 0 heterocycles. The Hall–Kier alpha value is 0. The van der Waals surface area contributed by atoms with Crippen molar-refractivity contribution in [1.29, 1.82) is 0 Å². The molecule has 346 valence electrons. The van der Waals surface area contributed by atoms with Crippen LogP contribution in [0.25, 0.3) is 0 Å². The van der Waals surface area contributed by atoms with Crippen molar-refractivity contribution in [2.45, 2.75) is 239 Å². The zero-order valence-electron chi connectivity index (χ0n) is 43.1. The highest BCUT2D eigenvalue weighted by atomic mass is 14.6. The van der Waals surface area contributed by atoms with E-state index in [1.165, 1.54) is 122 Å². The van der Waals surface area contributed by atoms with E-state index >= 15 is 0 Å². The minimum Gasteiger partial charge on any atom is -0.0625 e. The normalized spacial score (nSPS) is 47.3. The maximum Gasteiger partial charge on any atom is -0.0321 e.